The molecule has 1 heterocycles. The Morgan fingerprint density at radius 2 is 1.90 bits per heavy atom. The zero-order chi connectivity index (χ0) is 14.5. The highest BCUT2D eigenvalue weighted by molar-refractivity contribution is 5.37. The van der Waals surface area contributed by atoms with Gasteiger partial charge in [0.05, 0.1) is 18.9 Å². The molecule has 0 unspecified atom stereocenters. The zero-order valence-corrected chi connectivity index (χ0v) is 12.5. The van der Waals surface area contributed by atoms with Crippen molar-refractivity contribution in [2.24, 2.45) is 0 Å². The molecule has 1 saturated heterocycles. The number of hydrogen-bond acceptors (Lipinski definition) is 3. The lowest BCUT2D eigenvalue weighted by Gasteiger charge is -2.34. The lowest BCUT2D eigenvalue weighted by Crippen LogP contribution is -2.37. The van der Waals surface area contributed by atoms with E-state index in [0.717, 1.165) is 38.5 Å². The molecule has 1 aromatic rings. The van der Waals surface area contributed by atoms with E-state index < -0.39 is 0 Å². The fraction of sp³-hybridized carbons (Fsp3) is 0.389. The Kier molecular flexibility index (Phi) is 4.61. The number of rotatable bonds is 4. The summed E-state index contributed by atoms with van der Waals surface area (Å²) in [5.41, 5.74) is 3.66. The molecule has 0 bridgehead atoms. The van der Waals surface area contributed by atoms with Gasteiger partial charge in [0.25, 0.3) is 0 Å². The summed E-state index contributed by atoms with van der Waals surface area (Å²) in [6.45, 7) is 6.23. The minimum Gasteiger partial charge on any atom is -0.487 e. The summed E-state index contributed by atoms with van der Waals surface area (Å²) in [6.07, 6.45) is 5.47. The van der Waals surface area contributed by atoms with Gasteiger partial charge in [0.2, 0.25) is 0 Å². The molecule has 21 heavy (non-hydrogen) atoms. The van der Waals surface area contributed by atoms with Gasteiger partial charge in [-0.2, -0.15) is 0 Å². The van der Waals surface area contributed by atoms with Gasteiger partial charge in [-0.1, -0.05) is 36.4 Å². The van der Waals surface area contributed by atoms with Crippen molar-refractivity contribution in [1.82, 2.24) is 4.90 Å². The maximum Gasteiger partial charge on any atom is 0.142 e. The summed E-state index contributed by atoms with van der Waals surface area (Å²) in [4.78, 5) is 2.38. The summed E-state index contributed by atoms with van der Waals surface area (Å²) in [5.74, 6) is 1.02. The minimum atomic E-state index is 0.614. The molecule has 1 fully saturated rings. The van der Waals surface area contributed by atoms with E-state index >= 15 is 0 Å². The van der Waals surface area contributed by atoms with Crippen molar-refractivity contribution in [3.8, 4) is 0 Å². The van der Waals surface area contributed by atoms with E-state index in [1.54, 1.807) is 0 Å². The van der Waals surface area contributed by atoms with E-state index in [0.29, 0.717) is 6.61 Å². The van der Waals surface area contributed by atoms with Crippen molar-refractivity contribution in [1.29, 1.82) is 0 Å². The van der Waals surface area contributed by atoms with E-state index in [4.69, 9.17) is 9.47 Å². The molecule has 3 nitrogen and oxygen atoms in total. The molecule has 1 aliphatic heterocycles. The Morgan fingerprint density at radius 1 is 1.14 bits per heavy atom. The number of benzene rings is 1. The van der Waals surface area contributed by atoms with E-state index in [9.17, 15) is 0 Å². The monoisotopic (exact) mass is 284 g/mol. The normalized spacial score (nSPS) is 19.5. The Morgan fingerprint density at radius 3 is 2.67 bits per heavy atom. The number of nitrogens with zero attached hydrogens (tertiary/aromatic N) is 1. The first-order valence-electron chi connectivity index (χ1n) is 7.58. The molecular weight excluding hydrogens is 262 g/mol. The van der Waals surface area contributed by atoms with Gasteiger partial charge in [0.15, 0.2) is 0 Å². The third-order valence-electron chi connectivity index (χ3n) is 3.90. The van der Waals surface area contributed by atoms with Crippen molar-refractivity contribution in [3.05, 3.63) is 65.4 Å². The SMILES string of the molecule is CC1=C(OCc2ccccc2)C(N2CCOCC2)=CC[CH]1. The van der Waals surface area contributed by atoms with Gasteiger partial charge in [-0.25, -0.2) is 0 Å². The molecule has 0 atom stereocenters. The van der Waals surface area contributed by atoms with Gasteiger partial charge in [0, 0.05) is 13.1 Å². The van der Waals surface area contributed by atoms with Crippen LogP contribution in [0.4, 0.5) is 0 Å². The number of hydrogen-bond donors (Lipinski definition) is 0. The van der Waals surface area contributed by atoms with Crippen LogP contribution in [0.2, 0.25) is 0 Å². The van der Waals surface area contributed by atoms with Crippen molar-refractivity contribution in [2.45, 2.75) is 20.0 Å². The first kappa shape index (κ1) is 14.2. The molecule has 0 spiro atoms. The average Bonchev–Trinajstić information content (AvgIpc) is 2.55. The van der Waals surface area contributed by atoms with Gasteiger partial charge in [-0.05, 0) is 30.9 Å². The van der Waals surface area contributed by atoms with E-state index in [1.807, 2.05) is 18.2 Å². The summed E-state index contributed by atoms with van der Waals surface area (Å²) in [6, 6.07) is 10.3. The topological polar surface area (TPSA) is 21.7 Å². The van der Waals surface area contributed by atoms with Crippen molar-refractivity contribution in [3.63, 3.8) is 0 Å². The van der Waals surface area contributed by atoms with Crippen molar-refractivity contribution < 1.29 is 9.47 Å². The third-order valence-corrected chi connectivity index (χ3v) is 3.90. The molecular formula is C18H22NO2. The molecule has 3 heteroatoms. The number of ether oxygens (including phenoxy) is 2. The maximum absolute atomic E-state index is 6.14. The molecule has 2 aliphatic rings. The Bertz CT molecular complexity index is 527. The summed E-state index contributed by atoms with van der Waals surface area (Å²) >= 11 is 0. The lowest BCUT2D eigenvalue weighted by molar-refractivity contribution is 0.0486. The van der Waals surface area contributed by atoms with Crippen LogP contribution in [-0.2, 0) is 16.1 Å². The summed E-state index contributed by atoms with van der Waals surface area (Å²) in [5, 5.41) is 0. The van der Waals surface area contributed by atoms with Crippen LogP contribution in [0, 0.1) is 6.42 Å². The second kappa shape index (κ2) is 6.81. The van der Waals surface area contributed by atoms with Crippen LogP contribution in [0.15, 0.2) is 53.4 Å². The number of morpholine rings is 1. The largest absolute Gasteiger partial charge is 0.487 e. The Labute approximate surface area is 126 Å². The van der Waals surface area contributed by atoms with E-state index in [2.05, 4.69) is 36.5 Å². The van der Waals surface area contributed by atoms with Crippen LogP contribution < -0.4 is 0 Å². The van der Waals surface area contributed by atoms with Gasteiger partial charge >= 0.3 is 0 Å². The van der Waals surface area contributed by atoms with Crippen LogP contribution in [0.1, 0.15) is 18.9 Å². The highest BCUT2D eigenvalue weighted by atomic mass is 16.5. The van der Waals surface area contributed by atoms with Crippen LogP contribution in [0.3, 0.4) is 0 Å². The van der Waals surface area contributed by atoms with Gasteiger partial charge in [-0.15, -0.1) is 0 Å². The molecule has 111 valence electrons. The van der Waals surface area contributed by atoms with E-state index in [-0.39, 0.29) is 0 Å². The lowest BCUT2D eigenvalue weighted by atomic mass is 10.0. The Hall–Kier alpha value is -1.74. The minimum absolute atomic E-state index is 0.614. The number of allylic oxidation sites excluding steroid dienone is 2. The predicted octanol–water partition coefficient (Wildman–Crippen LogP) is 3.30. The third kappa shape index (κ3) is 3.48. The van der Waals surface area contributed by atoms with Crippen LogP contribution >= 0.6 is 0 Å². The Balaban J connectivity index is 1.72. The fourth-order valence-electron chi connectivity index (χ4n) is 2.73. The van der Waals surface area contributed by atoms with Gasteiger partial charge in [0.1, 0.15) is 12.4 Å². The summed E-state index contributed by atoms with van der Waals surface area (Å²) in [7, 11) is 0. The van der Waals surface area contributed by atoms with Crippen molar-refractivity contribution >= 4 is 0 Å². The average molecular weight is 284 g/mol. The fourth-order valence-corrected chi connectivity index (χ4v) is 2.73. The predicted molar refractivity (Wildman–Crippen MR) is 83.3 cm³/mol. The molecule has 1 radical (unpaired) electrons. The van der Waals surface area contributed by atoms with E-state index in [1.165, 1.54) is 16.8 Å². The zero-order valence-electron chi connectivity index (χ0n) is 12.5. The maximum atomic E-state index is 6.14. The first-order chi connectivity index (χ1) is 10.3. The van der Waals surface area contributed by atoms with Crippen LogP contribution in [0.5, 0.6) is 0 Å². The second-order valence-electron chi connectivity index (χ2n) is 5.42. The quantitative estimate of drug-likeness (QED) is 0.847. The molecule has 0 amide bonds. The highest BCUT2D eigenvalue weighted by Gasteiger charge is 2.22. The molecule has 0 aromatic heterocycles. The van der Waals surface area contributed by atoms with Crippen LogP contribution in [-0.4, -0.2) is 31.2 Å². The summed E-state index contributed by atoms with van der Waals surface area (Å²) < 4.78 is 11.6. The smallest absolute Gasteiger partial charge is 0.142 e. The van der Waals surface area contributed by atoms with Crippen molar-refractivity contribution in [2.75, 3.05) is 26.3 Å². The molecule has 1 aromatic carbocycles. The van der Waals surface area contributed by atoms with Crippen LogP contribution in [0.25, 0.3) is 0 Å². The molecule has 3 rings (SSSR count). The molecule has 1 aliphatic carbocycles. The molecule has 0 N–H and O–H groups in total. The standard InChI is InChI=1S/C18H22NO2/c1-15-6-5-9-17(19-10-12-20-13-11-19)18(15)21-14-16-7-3-2-4-8-16/h2-4,6-9H,5,10-14H2,1H3. The molecule has 0 saturated carbocycles. The highest BCUT2D eigenvalue weighted by Crippen LogP contribution is 2.29. The first-order valence-corrected chi connectivity index (χ1v) is 7.58. The van der Waals surface area contributed by atoms with Gasteiger partial charge < -0.3 is 14.4 Å². The van der Waals surface area contributed by atoms with Gasteiger partial charge in [-0.3, -0.25) is 0 Å². The second-order valence-corrected chi connectivity index (χ2v) is 5.42.